The lowest BCUT2D eigenvalue weighted by atomic mass is 9.80. The second kappa shape index (κ2) is 3.44. The second-order valence-corrected chi connectivity index (χ2v) is 3.86. The zero-order valence-electron chi connectivity index (χ0n) is 7.97. The van der Waals surface area contributed by atoms with Crippen LogP contribution in [-0.4, -0.2) is 30.4 Å². The van der Waals surface area contributed by atoms with Crippen molar-refractivity contribution in [1.29, 1.82) is 0 Å². The highest BCUT2D eigenvalue weighted by Crippen LogP contribution is 2.29. The minimum Gasteiger partial charge on any atom is -0.369 e. The maximum Gasteiger partial charge on any atom is 0.223 e. The third-order valence-electron chi connectivity index (χ3n) is 3.00. The number of nitrogens with zero attached hydrogens (tertiary/aromatic N) is 1. The van der Waals surface area contributed by atoms with E-state index >= 15 is 0 Å². The Labute approximate surface area is 73.9 Å². The van der Waals surface area contributed by atoms with Gasteiger partial charge in [-0.25, -0.2) is 0 Å². The van der Waals surface area contributed by atoms with Crippen LogP contribution in [0.4, 0.5) is 0 Å². The Balaban J connectivity index is 2.49. The number of likely N-dealkylation sites (tertiary alicyclic amines) is 1. The number of hydrogen-bond donors (Lipinski definition) is 1. The molecule has 0 aromatic heterocycles. The summed E-state index contributed by atoms with van der Waals surface area (Å²) in [5, 5.41) is 0. The molecule has 2 N–H and O–H groups in total. The van der Waals surface area contributed by atoms with Crippen LogP contribution in [0.15, 0.2) is 0 Å². The Morgan fingerprint density at radius 2 is 2.00 bits per heavy atom. The molecule has 0 radical (unpaired) electrons. The average molecular weight is 170 g/mol. The van der Waals surface area contributed by atoms with Gasteiger partial charge in [0, 0.05) is 5.41 Å². The average Bonchev–Trinajstić information content (AvgIpc) is 2.06. The molecular weight excluding hydrogens is 152 g/mol. The standard InChI is InChI=1S/C9H18N2O/c1-3-11-6-4-9(2,5-7-11)8(10)12/h3-7H2,1-2H3,(H2,10,12). The molecule has 1 rings (SSSR count). The molecule has 0 unspecified atom stereocenters. The first kappa shape index (κ1) is 9.52. The quantitative estimate of drug-likeness (QED) is 0.659. The van der Waals surface area contributed by atoms with Gasteiger partial charge in [0.1, 0.15) is 0 Å². The molecule has 3 heteroatoms. The Kier molecular flexibility index (Phi) is 2.73. The van der Waals surface area contributed by atoms with Crippen LogP contribution in [0.2, 0.25) is 0 Å². The Morgan fingerprint density at radius 3 is 2.33 bits per heavy atom. The smallest absolute Gasteiger partial charge is 0.223 e. The fourth-order valence-corrected chi connectivity index (χ4v) is 1.61. The lowest BCUT2D eigenvalue weighted by Gasteiger charge is -2.36. The maximum atomic E-state index is 11.1. The van der Waals surface area contributed by atoms with Crippen molar-refractivity contribution >= 4 is 5.91 Å². The molecule has 1 fully saturated rings. The third kappa shape index (κ3) is 1.78. The highest BCUT2D eigenvalue weighted by molar-refractivity contribution is 5.80. The Hall–Kier alpha value is -0.570. The lowest BCUT2D eigenvalue weighted by Crippen LogP contribution is -2.45. The molecule has 1 saturated heterocycles. The molecule has 0 bridgehead atoms. The van der Waals surface area contributed by atoms with Gasteiger partial charge in [-0.05, 0) is 32.5 Å². The topological polar surface area (TPSA) is 46.3 Å². The summed E-state index contributed by atoms with van der Waals surface area (Å²) in [6.45, 7) is 7.22. The van der Waals surface area contributed by atoms with Crippen molar-refractivity contribution in [1.82, 2.24) is 4.90 Å². The van der Waals surface area contributed by atoms with Gasteiger partial charge in [-0.15, -0.1) is 0 Å². The van der Waals surface area contributed by atoms with Crippen LogP contribution >= 0.6 is 0 Å². The molecule has 0 spiro atoms. The summed E-state index contributed by atoms with van der Waals surface area (Å²) in [5.41, 5.74) is 5.09. The van der Waals surface area contributed by atoms with E-state index in [4.69, 9.17) is 5.73 Å². The first-order valence-corrected chi connectivity index (χ1v) is 4.61. The van der Waals surface area contributed by atoms with Crippen molar-refractivity contribution in [2.75, 3.05) is 19.6 Å². The van der Waals surface area contributed by atoms with Crippen LogP contribution < -0.4 is 5.73 Å². The van der Waals surface area contributed by atoms with Crippen molar-refractivity contribution in [2.45, 2.75) is 26.7 Å². The molecule has 0 aliphatic carbocycles. The number of carbonyl (C=O) groups is 1. The van der Waals surface area contributed by atoms with Crippen molar-refractivity contribution < 1.29 is 4.79 Å². The molecule has 0 atom stereocenters. The summed E-state index contributed by atoms with van der Waals surface area (Å²) in [5.74, 6) is -0.141. The lowest BCUT2D eigenvalue weighted by molar-refractivity contribution is -0.129. The molecule has 3 nitrogen and oxygen atoms in total. The molecule has 1 aliphatic rings. The second-order valence-electron chi connectivity index (χ2n) is 3.86. The van der Waals surface area contributed by atoms with E-state index in [-0.39, 0.29) is 11.3 Å². The fraction of sp³-hybridized carbons (Fsp3) is 0.889. The Bertz CT molecular complexity index is 171. The van der Waals surface area contributed by atoms with Crippen LogP contribution in [-0.2, 0) is 4.79 Å². The van der Waals surface area contributed by atoms with E-state index < -0.39 is 0 Å². The van der Waals surface area contributed by atoms with Gasteiger partial charge in [-0.3, -0.25) is 4.79 Å². The van der Waals surface area contributed by atoms with Crippen LogP contribution in [0.25, 0.3) is 0 Å². The van der Waals surface area contributed by atoms with Gasteiger partial charge in [0.25, 0.3) is 0 Å². The van der Waals surface area contributed by atoms with E-state index in [0.29, 0.717) is 0 Å². The normalized spacial score (nSPS) is 23.8. The van der Waals surface area contributed by atoms with Crippen LogP contribution in [0.5, 0.6) is 0 Å². The van der Waals surface area contributed by atoms with Crippen LogP contribution in [0, 0.1) is 5.41 Å². The minimum absolute atomic E-state index is 0.141. The predicted molar refractivity (Wildman–Crippen MR) is 48.6 cm³/mol. The number of piperidine rings is 1. The fourth-order valence-electron chi connectivity index (χ4n) is 1.61. The summed E-state index contributed by atoms with van der Waals surface area (Å²) >= 11 is 0. The molecule has 1 aliphatic heterocycles. The summed E-state index contributed by atoms with van der Waals surface area (Å²) in [4.78, 5) is 13.4. The van der Waals surface area contributed by atoms with Gasteiger partial charge < -0.3 is 10.6 Å². The monoisotopic (exact) mass is 170 g/mol. The van der Waals surface area contributed by atoms with Gasteiger partial charge in [0.15, 0.2) is 0 Å². The summed E-state index contributed by atoms with van der Waals surface area (Å²) in [7, 11) is 0. The SMILES string of the molecule is CCN1CCC(C)(C(N)=O)CC1. The molecular formula is C9H18N2O. The summed E-state index contributed by atoms with van der Waals surface area (Å²) in [6, 6.07) is 0. The maximum absolute atomic E-state index is 11.1. The third-order valence-corrected chi connectivity index (χ3v) is 3.00. The first-order chi connectivity index (χ1) is 5.58. The van der Waals surface area contributed by atoms with Crippen LogP contribution in [0.3, 0.4) is 0 Å². The van der Waals surface area contributed by atoms with E-state index in [1.807, 2.05) is 6.92 Å². The van der Waals surface area contributed by atoms with E-state index in [0.717, 1.165) is 32.5 Å². The van der Waals surface area contributed by atoms with Gasteiger partial charge in [-0.2, -0.15) is 0 Å². The van der Waals surface area contributed by atoms with E-state index in [9.17, 15) is 4.79 Å². The number of rotatable bonds is 2. The molecule has 70 valence electrons. The molecule has 0 aromatic carbocycles. The van der Waals surface area contributed by atoms with Gasteiger partial charge in [0.05, 0.1) is 0 Å². The van der Waals surface area contributed by atoms with E-state index in [1.54, 1.807) is 0 Å². The largest absolute Gasteiger partial charge is 0.369 e. The Morgan fingerprint density at radius 1 is 1.50 bits per heavy atom. The van der Waals surface area contributed by atoms with Crippen molar-refractivity contribution in [3.05, 3.63) is 0 Å². The number of nitrogens with two attached hydrogens (primary N) is 1. The number of hydrogen-bond acceptors (Lipinski definition) is 2. The highest BCUT2D eigenvalue weighted by Gasteiger charge is 2.34. The zero-order valence-corrected chi connectivity index (χ0v) is 7.97. The number of carbonyl (C=O) groups excluding carboxylic acids is 1. The summed E-state index contributed by atoms with van der Waals surface area (Å²) in [6.07, 6.45) is 1.83. The van der Waals surface area contributed by atoms with Gasteiger partial charge in [0.2, 0.25) is 5.91 Å². The van der Waals surface area contributed by atoms with E-state index in [2.05, 4.69) is 11.8 Å². The molecule has 1 heterocycles. The van der Waals surface area contributed by atoms with Crippen molar-refractivity contribution in [2.24, 2.45) is 11.1 Å². The van der Waals surface area contributed by atoms with Crippen LogP contribution in [0.1, 0.15) is 26.7 Å². The molecule has 12 heavy (non-hydrogen) atoms. The van der Waals surface area contributed by atoms with Crippen molar-refractivity contribution in [3.8, 4) is 0 Å². The minimum atomic E-state index is -0.244. The number of amides is 1. The van der Waals surface area contributed by atoms with Gasteiger partial charge >= 0.3 is 0 Å². The predicted octanol–water partition coefficient (Wildman–Crippen LogP) is 0.594. The molecule has 0 saturated carbocycles. The van der Waals surface area contributed by atoms with Gasteiger partial charge in [-0.1, -0.05) is 13.8 Å². The summed E-state index contributed by atoms with van der Waals surface area (Å²) < 4.78 is 0. The number of primary amides is 1. The van der Waals surface area contributed by atoms with E-state index in [1.165, 1.54) is 0 Å². The highest BCUT2D eigenvalue weighted by atomic mass is 16.1. The van der Waals surface area contributed by atoms with Crippen molar-refractivity contribution in [3.63, 3.8) is 0 Å². The molecule has 0 aromatic rings. The molecule has 1 amide bonds. The first-order valence-electron chi connectivity index (χ1n) is 4.61. The zero-order chi connectivity index (χ0) is 9.19.